The van der Waals surface area contributed by atoms with E-state index in [4.69, 9.17) is 9.84 Å². The molecule has 0 bridgehead atoms. The zero-order valence-electron chi connectivity index (χ0n) is 14.0. The van der Waals surface area contributed by atoms with E-state index >= 15 is 0 Å². The Morgan fingerprint density at radius 1 is 1.38 bits per heavy atom. The van der Waals surface area contributed by atoms with Crippen molar-refractivity contribution in [1.82, 2.24) is 5.32 Å². The zero-order valence-corrected chi connectivity index (χ0v) is 14.8. The quantitative estimate of drug-likeness (QED) is 0.555. The number of rotatable bonds is 8. The van der Waals surface area contributed by atoms with Crippen molar-refractivity contribution in [2.45, 2.75) is 55.3 Å². The largest absolute Gasteiger partial charge is 0.480 e. The molecule has 0 radical (unpaired) electrons. The van der Waals surface area contributed by atoms with Crippen molar-refractivity contribution >= 4 is 23.6 Å². The summed E-state index contributed by atoms with van der Waals surface area (Å²) in [6.45, 7) is 3.07. The number of carbonyl (C=O) groups excluding carboxylic acids is 1. The van der Waals surface area contributed by atoms with Gasteiger partial charge in [-0.25, -0.2) is 0 Å². The van der Waals surface area contributed by atoms with Crippen LogP contribution in [-0.4, -0.2) is 41.5 Å². The summed E-state index contributed by atoms with van der Waals surface area (Å²) in [6, 6.07) is 7.12. The number of carboxylic acid groups (broad SMARTS) is 1. The molecule has 2 N–H and O–H groups in total. The monoisotopic (exact) mass is 351 g/mol. The molecule has 132 valence electrons. The van der Waals surface area contributed by atoms with Gasteiger partial charge in [0.15, 0.2) is 0 Å². The minimum atomic E-state index is -0.886. The van der Waals surface area contributed by atoms with E-state index in [9.17, 15) is 9.59 Å². The van der Waals surface area contributed by atoms with Crippen LogP contribution in [0.15, 0.2) is 29.2 Å². The normalized spacial score (nSPS) is 18.8. The lowest BCUT2D eigenvalue weighted by molar-refractivity contribution is -0.136. The fourth-order valence-corrected chi connectivity index (χ4v) is 3.59. The van der Waals surface area contributed by atoms with Gasteiger partial charge in [0.05, 0.1) is 11.7 Å². The van der Waals surface area contributed by atoms with Gasteiger partial charge in [-0.15, -0.1) is 11.8 Å². The molecular weight excluding hydrogens is 326 g/mol. The molecule has 2 unspecified atom stereocenters. The summed E-state index contributed by atoms with van der Waals surface area (Å²) in [4.78, 5) is 24.1. The third-order valence-electron chi connectivity index (χ3n) is 4.05. The summed E-state index contributed by atoms with van der Waals surface area (Å²) in [5.74, 6) is -1.04. The molecule has 1 aromatic carbocycles. The Bertz CT molecular complexity index is 558. The first-order valence-electron chi connectivity index (χ1n) is 8.46. The minimum absolute atomic E-state index is 0.153. The summed E-state index contributed by atoms with van der Waals surface area (Å²) >= 11 is 1.19. The van der Waals surface area contributed by atoms with Gasteiger partial charge in [0, 0.05) is 18.0 Å². The summed E-state index contributed by atoms with van der Waals surface area (Å²) in [5.41, 5.74) is 0.532. The van der Waals surface area contributed by atoms with Gasteiger partial charge in [0.25, 0.3) is 5.91 Å². The Morgan fingerprint density at radius 3 is 2.88 bits per heavy atom. The van der Waals surface area contributed by atoms with Crippen LogP contribution in [0.1, 0.15) is 49.4 Å². The van der Waals surface area contributed by atoms with E-state index in [-0.39, 0.29) is 5.91 Å². The molecule has 1 aliphatic rings. The Balaban J connectivity index is 1.82. The molecule has 6 heteroatoms. The number of hydrogen-bond donors (Lipinski definition) is 2. The fourth-order valence-electron chi connectivity index (χ4n) is 2.66. The van der Waals surface area contributed by atoms with E-state index in [0.29, 0.717) is 23.1 Å². The second kappa shape index (κ2) is 9.69. The van der Waals surface area contributed by atoms with Crippen molar-refractivity contribution in [3.05, 3.63) is 29.8 Å². The molecule has 2 atom stereocenters. The predicted octanol–water partition coefficient (Wildman–Crippen LogP) is 3.33. The van der Waals surface area contributed by atoms with E-state index in [1.54, 1.807) is 25.1 Å². The van der Waals surface area contributed by atoms with Gasteiger partial charge in [0.2, 0.25) is 0 Å². The highest BCUT2D eigenvalue weighted by Crippen LogP contribution is 2.27. The van der Waals surface area contributed by atoms with E-state index in [1.807, 2.05) is 6.07 Å². The molecule has 5 nitrogen and oxygen atoms in total. The first-order valence-corrected chi connectivity index (χ1v) is 9.34. The van der Waals surface area contributed by atoms with E-state index in [2.05, 4.69) is 5.32 Å². The van der Waals surface area contributed by atoms with Crippen molar-refractivity contribution < 1.29 is 19.4 Å². The van der Waals surface area contributed by atoms with E-state index in [0.717, 1.165) is 32.3 Å². The molecule has 1 amide bonds. The molecule has 24 heavy (non-hydrogen) atoms. The van der Waals surface area contributed by atoms with Crippen LogP contribution in [0.3, 0.4) is 0 Å². The number of ether oxygens (including phenoxy) is 1. The Labute approximate surface area is 147 Å². The number of hydrogen-bond acceptors (Lipinski definition) is 4. The van der Waals surface area contributed by atoms with Crippen LogP contribution >= 0.6 is 11.8 Å². The number of amides is 1. The van der Waals surface area contributed by atoms with Crippen LogP contribution in [0.25, 0.3) is 0 Å². The van der Waals surface area contributed by atoms with Gasteiger partial charge < -0.3 is 15.2 Å². The maximum atomic E-state index is 12.4. The van der Waals surface area contributed by atoms with E-state index in [1.165, 1.54) is 18.2 Å². The second-order valence-electron chi connectivity index (χ2n) is 5.98. The standard InChI is InChI=1S/C18H25NO4S/c1-13(18(21)22)24-16-10-3-2-9-15(16)17(20)19-11-6-8-14-7-4-5-12-23-14/h2-3,9-10,13-14H,4-8,11-12H2,1H3,(H,19,20)(H,21,22). The van der Waals surface area contributed by atoms with Crippen molar-refractivity contribution in [1.29, 1.82) is 0 Å². The van der Waals surface area contributed by atoms with Crippen molar-refractivity contribution in [3.63, 3.8) is 0 Å². The summed E-state index contributed by atoms with van der Waals surface area (Å²) < 4.78 is 5.68. The Kier molecular flexibility index (Phi) is 7.59. The maximum Gasteiger partial charge on any atom is 0.316 e. The molecule has 1 aliphatic heterocycles. The van der Waals surface area contributed by atoms with Crippen LogP contribution in [-0.2, 0) is 9.53 Å². The average molecular weight is 351 g/mol. The molecular formula is C18H25NO4S. The Hall–Kier alpha value is -1.53. The fraction of sp³-hybridized carbons (Fsp3) is 0.556. The molecule has 1 saturated heterocycles. The summed E-state index contributed by atoms with van der Waals surface area (Å²) in [6.07, 6.45) is 5.67. The third-order valence-corrected chi connectivity index (χ3v) is 5.21. The molecule has 0 aliphatic carbocycles. The molecule has 2 rings (SSSR count). The van der Waals surface area contributed by atoms with Crippen molar-refractivity contribution in [2.75, 3.05) is 13.2 Å². The predicted molar refractivity (Wildman–Crippen MR) is 94.6 cm³/mol. The maximum absolute atomic E-state index is 12.4. The number of thioether (sulfide) groups is 1. The highest BCUT2D eigenvalue weighted by molar-refractivity contribution is 8.00. The lowest BCUT2D eigenvalue weighted by atomic mass is 10.0. The van der Waals surface area contributed by atoms with E-state index < -0.39 is 11.2 Å². The lowest BCUT2D eigenvalue weighted by Crippen LogP contribution is -2.27. The van der Waals surface area contributed by atoms with Gasteiger partial charge >= 0.3 is 5.97 Å². The number of benzene rings is 1. The van der Waals surface area contributed by atoms with Crippen molar-refractivity contribution in [3.8, 4) is 0 Å². The highest BCUT2D eigenvalue weighted by Gasteiger charge is 2.18. The van der Waals surface area contributed by atoms with Crippen molar-refractivity contribution in [2.24, 2.45) is 0 Å². The molecule has 1 aromatic rings. The average Bonchev–Trinajstić information content (AvgIpc) is 2.60. The molecule has 1 fully saturated rings. The molecule has 1 heterocycles. The van der Waals surface area contributed by atoms with Crippen LogP contribution in [0, 0.1) is 0 Å². The smallest absolute Gasteiger partial charge is 0.316 e. The Morgan fingerprint density at radius 2 is 2.17 bits per heavy atom. The molecule has 0 saturated carbocycles. The van der Waals surface area contributed by atoms with Crippen LogP contribution in [0.4, 0.5) is 0 Å². The van der Waals surface area contributed by atoms with Gasteiger partial charge in [-0.2, -0.15) is 0 Å². The number of nitrogens with one attached hydrogen (secondary N) is 1. The lowest BCUT2D eigenvalue weighted by Gasteiger charge is -2.22. The summed E-state index contributed by atoms with van der Waals surface area (Å²) in [5, 5.41) is 11.4. The zero-order chi connectivity index (χ0) is 17.4. The van der Waals surface area contributed by atoms with Crippen LogP contribution < -0.4 is 5.32 Å². The highest BCUT2D eigenvalue weighted by atomic mass is 32.2. The number of aliphatic carboxylic acids is 1. The van der Waals surface area contributed by atoms with Gasteiger partial charge in [0.1, 0.15) is 5.25 Å². The summed E-state index contributed by atoms with van der Waals surface area (Å²) in [7, 11) is 0. The van der Waals surface area contributed by atoms with Crippen LogP contribution in [0.2, 0.25) is 0 Å². The van der Waals surface area contributed by atoms with Gasteiger partial charge in [-0.3, -0.25) is 9.59 Å². The first kappa shape index (κ1) is 18.8. The number of carboxylic acids is 1. The first-order chi connectivity index (χ1) is 11.6. The SMILES string of the molecule is CC(Sc1ccccc1C(=O)NCCCC1CCCCO1)C(=O)O. The van der Waals surface area contributed by atoms with Crippen LogP contribution in [0.5, 0.6) is 0 Å². The third kappa shape index (κ3) is 5.83. The van der Waals surface area contributed by atoms with Gasteiger partial charge in [-0.1, -0.05) is 12.1 Å². The minimum Gasteiger partial charge on any atom is -0.480 e. The van der Waals surface area contributed by atoms with Gasteiger partial charge in [-0.05, 0) is 51.2 Å². The number of carbonyl (C=O) groups is 2. The second-order valence-corrected chi connectivity index (χ2v) is 7.36. The molecule has 0 aromatic heterocycles. The topological polar surface area (TPSA) is 75.6 Å². The molecule has 0 spiro atoms.